The SMILES string of the molecule is CN1CCC(Oc2cc(-c3cnc4ccc(N5CCCC5c5cc(F)ccc5F)nn34)ccc2N)C1. The molecule has 2 aliphatic rings. The van der Waals surface area contributed by atoms with Gasteiger partial charge in [-0.05, 0) is 68.8 Å². The van der Waals surface area contributed by atoms with E-state index < -0.39 is 11.6 Å². The molecule has 0 saturated carbocycles. The Morgan fingerprint density at radius 3 is 2.75 bits per heavy atom. The molecule has 2 aromatic heterocycles. The molecule has 2 fully saturated rings. The monoisotopic (exact) mass is 490 g/mol. The molecule has 0 aliphatic carbocycles. The summed E-state index contributed by atoms with van der Waals surface area (Å²) >= 11 is 0. The number of ether oxygens (including phenoxy) is 1. The van der Waals surface area contributed by atoms with E-state index in [0.29, 0.717) is 35.0 Å². The van der Waals surface area contributed by atoms with Crippen molar-refractivity contribution in [3.05, 3.63) is 71.9 Å². The van der Waals surface area contributed by atoms with Crippen molar-refractivity contribution in [2.45, 2.75) is 31.4 Å². The number of nitrogen functional groups attached to an aromatic ring is 1. The molecular weight excluding hydrogens is 462 g/mol. The number of nitrogens with two attached hydrogens (primary N) is 1. The second-order valence-corrected chi connectivity index (χ2v) is 9.67. The quantitative estimate of drug-likeness (QED) is 0.410. The summed E-state index contributed by atoms with van der Waals surface area (Å²) in [6.45, 7) is 2.58. The molecule has 4 aromatic rings. The highest BCUT2D eigenvalue weighted by Crippen LogP contribution is 2.37. The fourth-order valence-electron chi connectivity index (χ4n) is 5.31. The molecule has 2 saturated heterocycles. The smallest absolute Gasteiger partial charge is 0.154 e. The van der Waals surface area contributed by atoms with Crippen molar-refractivity contribution in [1.82, 2.24) is 19.5 Å². The number of likely N-dealkylation sites (tertiary alicyclic amines) is 1. The lowest BCUT2D eigenvalue weighted by Crippen LogP contribution is -2.25. The van der Waals surface area contributed by atoms with E-state index in [1.165, 1.54) is 12.1 Å². The molecule has 36 heavy (non-hydrogen) atoms. The van der Waals surface area contributed by atoms with Crippen LogP contribution >= 0.6 is 0 Å². The van der Waals surface area contributed by atoms with Crippen LogP contribution in [0.5, 0.6) is 5.75 Å². The Balaban J connectivity index is 1.34. The number of likely N-dealkylation sites (N-methyl/N-ethyl adjacent to an activating group) is 1. The summed E-state index contributed by atoms with van der Waals surface area (Å²) in [5.41, 5.74) is 9.56. The van der Waals surface area contributed by atoms with Gasteiger partial charge in [0, 0.05) is 30.8 Å². The maximum atomic E-state index is 14.6. The van der Waals surface area contributed by atoms with E-state index in [1.807, 2.05) is 35.2 Å². The number of benzene rings is 2. The van der Waals surface area contributed by atoms with E-state index in [1.54, 1.807) is 10.7 Å². The first-order valence-electron chi connectivity index (χ1n) is 12.3. The van der Waals surface area contributed by atoms with Gasteiger partial charge in [0.05, 0.1) is 23.6 Å². The summed E-state index contributed by atoms with van der Waals surface area (Å²) in [7, 11) is 2.08. The first kappa shape index (κ1) is 22.7. The Morgan fingerprint density at radius 2 is 1.92 bits per heavy atom. The molecular formula is C27H28F2N6O. The molecule has 0 bridgehead atoms. The standard InChI is InChI=1S/C27H28F2N6O/c1-33-12-10-19(16-33)36-25-13-17(4-7-22(25)30)24-15-31-26-8-9-27(32-35(24)26)34-11-2-3-23(34)20-14-18(28)5-6-21(20)29/h4-9,13-15,19,23H,2-3,10-12,16,30H2,1H3. The van der Waals surface area contributed by atoms with Gasteiger partial charge in [-0.15, -0.1) is 5.10 Å². The molecule has 2 aliphatic heterocycles. The second kappa shape index (κ2) is 9.05. The van der Waals surface area contributed by atoms with Crippen LogP contribution in [0.4, 0.5) is 20.3 Å². The Kier molecular flexibility index (Phi) is 5.72. The van der Waals surface area contributed by atoms with Crippen LogP contribution in [0, 0.1) is 11.6 Å². The summed E-state index contributed by atoms with van der Waals surface area (Å²) in [4.78, 5) is 8.80. The van der Waals surface area contributed by atoms with Gasteiger partial charge in [-0.2, -0.15) is 0 Å². The average Bonchev–Trinajstić information content (AvgIpc) is 3.61. The number of halogens is 2. The molecule has 2 N–H and O–H groups in total. The number of hydrogen-bond donors (Lipinski definition) is 1. The largest absolute Gasteiger partial charge is 0.487 e. The zero-order valence-electron chi connectivity index (χ0n) is 20.1. The maximum Gasteiger partial charge on any atom is 0.154 e. The van der Waals surface area contributed by atoms with Crippen LogP contribution in [0.3, 0.4) is 0 Å². The predicted octanol–water partition coefficient (Wildman–Crippen LogP) is 4.68. The minimum Gasteiger partial charge on any atom is -0.487 e. The summed E-state index contributed by atoms with van der Waals surface area (Å²) in [6.07, 6.45) is 4.44. The minimum absolute atomic E-state index is 0.106. The summed E-state index contributed by atoms with van der Waals surface area (Å²) < 4.78 is 36.5. The van der Waals surface area contributed by atoms with E-state index in [2.05, 4.69) is 16.9 Å². The second-order valence-electron chi connectivity index (χ2n) is 9.67. The van der Waals surface area contributed by atoms with Crippen molar-refractivity contribution in [1.29, 1.82) is 0 Å². The van der Waals surface area contributed by atoms with E-state index in [4.69, 9.17) is 15.6 Å². The number of fused-ring (bicyclic) bond motifs is 1. The molecule has 2 atom stereocenters. The summed E-state index contributed by atoms with van der Waals surface area (Å²) in [5, 5.41) is 4.87. The molecule has 2 unspecified atom stereocenters. The van der Waals surface area contributed by atoms with Crippen LogP contribution < -0.4 is 15.4 Å². The summed E-state index contributed by atoms with van der Waals surface area (Å²) in [6, 6.07) is 12.8. The first-order valence-corrected chi connectivity index (χ1v) is 12.3. The number of hydrogen-bond acceptors (Lipinski definition) is 6. The normalized spacial score (nSPS) is 20.5. The molecule has 2 aromatic carbocycles. The van der Waals surface area contributed by atoms with Crippen LogP contribution in [0.25, 0.3) is 16.9 Å². The number of anilines is 2. The zero-order valence-corrected chi connectivity index (χ0v) is 20.1. The van der Waals surface area contributed by atoms with Gasteiger partial charge < -0.3 is 20.3 Å². The van der Waals surface area contributed by atoms with Gasteiger partial charge in [-0.1, -0.05) is 6.07 Å². The van der Waals surface area contributed by atoms with Crippen LogP contribution in [0.15, 0.2) is 54.7 Å². The van der Waals surface area contributed by atoms with Crippen LogP contribution in [0.2, 0.25) is 0 Å². The van der Waals surface area contributed by atoms with Crippen molar-refractivity contribution in [2.75, 3.05) is 37.3 Å². The summed E-state index contributed by atoms with van der Waals surface area (Å²) in [5.74, 6) is 0.499. The van der Waals surface area contributed by atoms with Crippen LogP contribution in [0.1, 0.15) is 30.9 Å². The van der Waals surface area contributed by atoms with Gasteiger partial charge in [0.25, 0.3) is 0 Å². The highest BCUT2D eigenvalue weighted by molar-refractivity contribution is 5.69. The first-order chi connectivity index (χ1) is 17.5. The molecule has 7 nitrogen and oxygen atoms in total. The molecule has 186 valence electrons. The van der Waals surface area contributed by atoms with Gasteiger partial charge in [0.2, 0.25) is 0 Å². The lowest BCUT2D eigenvalue weighted by Gasteiger charge is -2.26. The fraction of sp³-hybridized carbons (Fsp3) is 0.333. The Labute approximate surface area is 208 Å². The number of rotatable bonds is 5. The lowest BCUT2D eigenvalue weighted by atomic mass is 10.0. The Hall–Kier alpha value is -3.72. The van der Waals surface area contributed by atoms with Gasteiger partial charge in [-0.3, -0.25) is 0 Å². The minimum atomic E-state index is -0.441. The van der Waals surface area contributed by atoms with Crippen molar-refractivity contribution in [2.24, 2.45) is 0 Å². The molecule has 4 heterocycles. The van der Waals surface area contributed by atoms with E-state index in [9.17, 15) is 8.78 Å². The lowest BCUT2D eigenvalue weighted by molar-refractivity contribution is 0.209. The topological polar surface area (TPSA) is 71.9 Å². The highest BCUT2D eigenvalue weighted by atomic mass is 19.1. The van der Waals surface area contributed by atoms with Crippen molar-refractivity contribution in [3.8, 4) is 17.0 Å². The number of nitrogens with zero attached hydrogens (tertiary/aromatic N) is 5. The molecule has 6 rings (SSSR count). The molecule has 0 spiro atoms. The van der Waals surface area contributed by atoms with Gasteiger partial charge in [0.1, 0.15) is 29.3 Å². The zero-order chi connectivity index (χ0) is 24.8. The third-order valence-corrected chi connectivity index (χ3v) is 7.16. The Bertz CT molecular complexity index is 1420. The van der Waals surface area contributed by atoms with Gasteiger partial charge in [-0.25, -0.2) is 18.3 Å². The van der Waals surface area contributed by atoms with Gasteiger partial charge in [0.15, 0.2) is 5.65 Å². The average molecular weight is 491 g/mol. The van der Waals surface area contributed by atoms with Crippen LogP contribution in [-0.2, 0) is 0 Å². The third-order valence-electron chi connectivity index (χ3n) is 7.16. The van der Waals surface area contributed by atoms with Crippen molar-refractivity contribution >= 4 is 17.2 Å². The molecule has 0 radical (unpaired) electrons. The van der Waals surface area contributed by atoms with E-state index in [0.717, 1.165) is 49.7 Å². The van der Waals surface area contributed by atoms with Crippen LogP contribution in [-0.4, -0.2) is 52.3 Å². The number of aromatic nitrogens is 3. The molecule has 9 heteroatoms. The van der Waals surface area contributed by atoms with Gasteiger partial charge >= 0.3 is 0 Å². The fourth-order valence-corrected chi connectivity index (χ4v) is 5.31. The predicted molar refractivity (Wildman–Crippen MR) is 135 cm³/mol. The molecule has 0 amide bonds. The third kappa shape index (κ3) is 4.13. The van der Waals surface area contributed by atoms with E-state index in [-0.39, 0.29) is 12.1 Å². The maximum absolute atomic E-state index is 14.6. The Morgan fingerprint density at radius 1 is 1.03 bits per heavy atom. The highest BCUT2D eigenvalue weighted by Gasteiger charge is 2.30. The van der Waals surface area contributed by atoms with Crippen molar-refractivity contribution < 1.29 is 13.5 Å². The number of imidazole rings is 1. The van der Waals surface area contributed by atoms with Crippen molar-refractivity contribution in [3.63, 3.8) is 0 Å². The van der Waals surface area contributed by atoms with E-state index >= 15 is 0 Å².